The first kappa shape index (κ1) is 19.8. The van der Waals surface area contributed by atoms with Crippen LogP contribution in [0, 0.1) is 0 Å². The average molecular weight is 394 g/mol. The van der Waals surface area contributed by atoms with E-state index >= 15 is 0 Å². The summed E-state index contributed by atoms with van der Waals surface area (Å²) in [5.74, 6) is -0.641. The minimum atomic E-state index is -0.982. The van der Waals surface area contributed by atoms with Gasteiger partial charge in [0, 0.05) is 17.5 Å². The molecule has 3 aromatic rings. The smallest absolute Gasteiger partial charge is 0.335 e. The molecule has 0 radical (unpaired) electrons. The van der Waals surface area contributed by atoms with Crippen molar-refractivity contribution in [3.8, 4) is 10.6 Å². The summed E-state index contributed by atoms with van der Waals surface area (Å²) >= 11 is 1.52. The number of hydrogen-bond acceptors (Lipinski definition) is 4. The normalized spacial score (nSPS) is 10.8. The van der Waals surface area contributed by atoms with E-state index in [0.29, 0.717) is 5.92 Å². The number of carboxylic acids is 1. The Labute approximate surface area is 168 Å². The maximum absolute atomic E-state index is 12.2. The van der Waals surface area contributed by atoms with Crippen LogP contribution in [0.2, 0.25) is 0 Å². The Hall–Kier alpha value is -2.99. The second-order valence-corrected chi connectivity index (χ2v) is 7.74. The van der Waals surface area contributed by atoms with E-state index in [9.17, 15) is 9.59 Å². The van der Waals surface area contributed by atoms with Crippen molar-refractivity contribution in [3.63, 3.8) is 0 Å². The van der Waals surface area contributed by atoms with Crippen LogP contribution in [-0.2, 0) is 17.8 Å². The van der Waals surface area contributed by atoms with Crippen molar-refractivity contribution in [2.75, 3.05) is 0 Å². The van der Waals surface area contributed by atoms with Crippen LogP contribution >= 0.6 is 11.3 Å². The van der Waals surface area contributed by atoms with Gasteiger partial charge in [-0.05, 0) is 29.2 Å². The van der Waals surface area contributed by atoms with Gasteiger partial charge >= 0.3 is 5.97 Å². The van der Waals surface area contributed by atoms with Crippen LogP contribution in [0.1, 0.15) is 46.9 Å². The highest BCUT2D eigenvalue weighted by Gasteiger charge is 2.10. The van der Waals surface area contributed by atoms with E-state index in [1.165, 1.54) is 23.0 Å². The van der Waals surface area contributed by atoms with E-state index < -0.39 is 5.97 Å². The van der Waals surface area contributed by atoms with Gasteiger partial charge in [-0.25, -0.2) is 9.78 Å². The molecule has 1 heterocycles. The molecule has 0 aliphatic heterocycles. The van der Waals surface area contributed by atoms with Gasteiger partial charge in [-0.3, -0.25) is 4.79 Å². The molecule has 0 aliphatic rings. The van der Waals surface area contributed by atoms with Crippen LogP contribution in [0.25, 0.3) is 10.6 Å². The first-order chi connectivity index (χ1) is 13.4. The van der Waals surface area contributed by atoms with E-state index in [0.717, 1.165) is 21.8 Å². The lowest BCUT2D eigenvalue weighted by Gasteiger charge is -2.06. The highest BCUT2D eigenvalue weighted by Crippen LogP contribution is 2.26. The molecule has 28 heavy (non-hydrogen) atoms. The maximum atomic E-state index is 12.2. The summed E-state index contributed by atoms with van der Waals surface area (Å²) < 4.78 is 0. The highest BCUT2D eigenvalue weighted by molar-refractivity contribution is 7.13. The molecule has 0 fully saturated rings. The monoisotopic (exact) mass is 394 g/mol. The fourth-order valence-corrected chi connectivity index (χ4v) is 3.60. The number of carbonyl (C=O) groups excluding carboxylic acids is 1. The lowest BCUT2D eigenvalue weighted by molar-refractivity contribution is -0.120. The van der Waals surface area contributed by atoms with Gasteiger partial charge in [-0.1, -0.05) is 50.2 Å². The Morgan fingerprint density at radius 3 is 2.57 bits per heavy atom. The Bertz CT molecular complexity index is 977. The number of thiazole rings is 1. The van der Waals surface area contributed by atoms with Gasteiger partial charge in [0.1, 0.15) is 5.01 Å². The number of amides is 1. The fraction of sp³-hybridized carbons (Fsp3) is 0.227. The molecule has 3 rings (SSSR count). The number of carboxylic acid groups (broad SMARTS) is 1. The van der Waals surface area contributed by atoms with Gasteiger partial charge in [0.05, 0.1) is 17.7 Å². The third-order valence-electron chi connectivity index (χ3n) is 4.38. The molecule has 2 aromatic carbocycles. The van der Waals surface area contributed by atoms with Crippen molar-refractivity contribution in [2.24, 2.45) is 0 Å². The minimum Gasteiger partial charge on any atom is -0.478 e. The van der Waals surface area contributed by atoms with E-state index in [1.54, 1.807) is 18.2 Å². The van der Waals surface area contributed by atoms with Crippen LogP contribution < -0.4 is 5.32 Å². The summed E-state index contributed by atoms with van der Waals surface area (Å²) in [5.41, 5.74) is 4.01. The molecule has 0 unspecified atom stereocenters. The summed E-state index contributed by atoms with van der Waals surface area (Å²) in [4.78, 5) is 27.8. The van der Waals surface area contributed by atoms with Crippen LogP contribution in [-0.4, -0.2) is 22.0 Å². The number of rotatable bonds is 7. The Morgan fingerprint density at radius 2 is 1.89 bits per heavy atom. The van der Waals surface area contributed by atoms with E-state index in [1.807, 2.05) is 5.38 Å². The molecule has 5 nitrogen and oxygen atoms in total. The van der Waals surface area contributed by atoms with Gasteiger partial charge < -0.3 is 10.4 Å². The van der Waals surface area contributed by atoms with Gasteiger partial charge in [0.15, 0.2) is 0 Å². The van der Waals surface area contributed by atoms with Crippen molar-refractivity contribution in [3.05, 3.63) is 76.3 Å². The van der Waals surface area contributed by atoms with Crippen molar-refractivity contribution in [2.45, 2.75) is 32.7 Å². The summed E-state index contributed by atoms with van der Waals surface area (Å²) in [7, 11) is 0. The molecular weight excluding hydrogens is 372 g/mol. The SMILES string of the molecule is CC(C)c1ccc(-c2nc(CC(=O)NCc3cccc(C(=O)O)c3)cs2)cc1. The Kier molecular flexibility index (Phi) is 6.21. The fourth-order valence-electron chi connectivity index (χ4n) is 2.77. The second kappa shape index (κ2) is 8.80. The number of hydrogen-bond donors (Lipinski definition) is 2. The lowest BCUT2D eigenvalue weighted by atomic mass is 10.0. The largest absolute Gasteiger partial charge is 0.478 e. The van der Waals surface area contributed by atoms with E-state index in [4.69, 9.17) is 5.11 Å². The van der Waals surface area contributed by atoms with Crippen molar-refractivity contribution < 1.29 is 14.7 Å². The van der Waals surface area contributed by atoms with Gasteiger partial charge in [0.2, 0.25) is 5.91 Å². The minimum absolute atomic E-state index is 0.146. The molecule has 144 valence electrons. The number of nitrogens with zero attached hydrogens (tertiary/aromatic N) is 1. The highest BCUT2D eigenvalue weighted by atomic mass is 32.1. The summed E-state index contributed by atoms with van der Waals surface area (Å²) in [6.45, 7) is 4.60. The number of aromatic carboxylic acids is 1. The molecule has 0 aliphatic carbocycles. The topological polar surface area (TPSA) is 79.3 Å². The Balaban J connectivity index is 1.58. The summed E-state index contributed by atoms with van der Waals surface area (Å²) in [6, 6.07) is 14.9. The predicted octanol–water partition coefficient (Wildman–Crippen LogP) is 4.49. The zero-order chi connectivity index (χ0) is 20.1. The van der Waals surface area contributed by atoms with Crippen LogP contribution in [0.4, 0.5) is 0 Å². The van der Waals surface area contributed by atoms with Crippen molar-refractivity contribution in [1.29, 1.82) is 0 Å². The number of benzene rings is 2. The van der Waals surface area contributed by atoms with Gasteiger partial charge in [-0.15, -0.1) is 11.3 Å². The van der Waals surface area contributed by atoms with E-state index in [-0.39, 0.29) is 24.4 Å². The molecule has 0 atom stereocenters. The quantitative estimate of drug-likeness (QED) is 0.619. The molecule has 6 heteroatoms. The zero-order valence-electron chi connectivity index (χ0n) is 15.8. The molecule has 0 bridgehead atoms. The molecule has 0 saturated heterocycles. The molecule has 0 spiro atoms. The van der Waals surface area contributed by atoms with Crippen LogP contribution in [0.3, 0.4) is 0 Å². The molecule has 1 amide bonds. The molecular formula is C22H22N2O3S. The molecule has 2 N–H and O–H groups in total. The number of nitrogens with one attached hydrogen (secondary N) is 1. The third-order valence-corrected chi connectivity index (χ3v) is 5.32. The van der Waals surface area contributed by atoms with Crippen molar-refractivity contribution in [1.82, 2.24) is 10.3 Å². The number of carbonyl (C=O) groups is 2. The standard InChI is InChI=1S/C22H22N2O3S/c1-14(2)16-6-8-17(9-7-16)21-24-19(13-28-21)11-20(25)23-12-15-4-3-5-18(10-15)22(26)27/h3-10,13-14H,11-12H2,1-2H3,(H,23,25)(H,26,27). The molecule has 0 saturated carbocycles. The summed E-state index contributed by atoms with van der Waals surface area (Å²) in [6.07, 6.45) is 0.194. The third kappa shape index (κ3) is 5.04. The molecule has 1 aromatic heterocycles. The first-order valence-electron chi connectivity index (χ1n) is 9.06. The van der Waals surface area contributed by atoms with Crippen molar-refractivity contribution >= 4 is 23.2 Å². The average Bonchev–Trinajstić information content (AvgIpc) is 3.15. The zero-order valence-corrected chi connectivity index (χ0v) is 16.6. The van der Waals surface area contributed by atoms with Crippen LogP contribution in [0.5, 0.6) is 0 Å². The number of aromatic nitrogens is 1. The first-order valence-corrected chi connectivity index (χ1v) is 9.94. The summed E-state index contributed by atoms with van der Waals surface area (Å²) in [5, 5.41) is 14.6. The predicted molar refractivity (Wildman–Crippen MR) is 111 cm³/mol. The van der Waals surface area contributed by atoms with E-state index in [2.05, 4.69) is 48.4 Å². The van der Waals surface area contributed by atoms with Gasteiger partial charge in [-0.2, -0.15) is 0 Å². The van der Waals surface area contributed by atoms with Gasteiger partial charge in [0.25, 0.3) is 0 Å². The lowest BCUT2D eigenvalue weighted by Crippen LogP contribution is -2.24. The second-order valence-electron chi connectivity index (χ2n) is 6.88. The maximum Gasteiger partial charge on any atom is 0.335 e. The Morgan fingerprint density at radius 1 is 1.14 bits per heavy atom. The van der Waals surface area contributed by atoms with Crippen LogP contribution in [0.15, 0.2) is 53.9 Å².